The number of hydrogen-bond acceptors (Lipinski definition) is 5. The number of amides is 1. The third-order valence-electron chi connectivity index (χ3n) is 3.69. The third-order valence-corrected chi connectivity index (χ3v) is 3.94. The van der Waals surface area contributed by atoms with Crippen molar-refractivity contribution >= 4 is 23.2 Å². The summed E-state index contributed by atoms with van der Waals surface area (Å²) >= 11 is 5.87. The van der Waals surface area contributed by atoms with Crippen molar-refractivity contribution in [3.63, 3.8) is 0 Å². The van der Waals surface area contributed by atoms with E-state index in [4.69, 9.17) is 21.0 Å². The molecular formula is C17H18ClN3O3. The smallest absolute Gasteiger partial charge is 0.264 e. The predicted molar refractivity (Wildman–Crippen MR) is 89.8 cm³/mol. The molecule has 1 N–H and O–H groups in total. The fourth-order valence-electron chi connectivity index (χ4n) is 2.43. The first-order chi connectivity index (χ1) is 11.7. The molecule has 126 valence electrons. The topological polar surface area (TPSA) is 76.7 Å². The van der Waals surface area contributed by atoms with Gasteiger partial charge in [0.2, 0.25) is 6.10 Å². The van der Waals surface area contributed by atoms with Crippen LogP contribution in [-0.2, 0) is 22.6 Å². The van der Waals surface area contributed by atoms with Crippen LogP contribution in [0.4, 0.5) is 0 Å². The normalized spacial score (nSPS) is 16.6. The van der Waals surface area contributed by atoms with Crippen molar-refractivity contribution in [3.8, 4) is 0 Å². The largest absolute Gasteiger partial charge is 0.382 e. The lowest BCUT2D eigenvalue weighted by Gasteiger charge is -2.07. The maximum atomic E-state index is 12.2. The summed E-state index contributed by atoms with van der Waals surface area (Å²) in [5, 5.41) is 11.4. The lowest BCUT2D eigenvalue weighted by molar-refractivity contribution is -0.131. The number of aryl methyl sites for hydroxylation is 1. The molecule has 1 atom stereocenters. The van der Waals surface area contributed by atoms with Crippen LogP contribution in [0.2, 0.25) is 5.02 Å². The van der Waals surface area contributed by atoms with Crippen LogP contribution in [0, 0.1) is 0 Å². The Kier molecular flexibility index (Phi) is 5.15. The minimum absolute atomic E-state index is 0.226. The first kappa shape index (κ1) is 16.5. The summed E-state index contributed by atoms with van der Waals surface area (Å²) in [6, 6.07) is 9.13. The number of nitrogens with zero attached hydrogens (tertiary/aromatic N) is 2. The van der Waals surface area contributed by atoms with E-state index in [1.54, 1.807) is 12.1 Å². The van der Waals surface area contributed by atoms with Gasteiger partial charge >= 0.3 is 0 Å². The quantitative estimate of drug-likeness (QED) is 0.871. The van der Waals surface area contributed by atoms with Crippen LogP contribution >= 0.6 is 11.6 Å². The highest BCUT2D eigenvalue weighted by Crippen LogP contribution is 2.19. The van der Waals surface area contributed by atoms with Gasteiger partial charge in [-0.3, -0.25) is 4.79 Å². The Balaban J connectivity index is 1.50. The van der Waals surface area contributed by atoms with Crippen molar-refractivity contribution in [2.24, 2.45) is 5.16 Å². The summed E-state index contributed by atoms with van der Waals surface area (Å²) in [5.41, 5.74) is 2.53. The van der Waals surface area contributed by atoms with Crippen LogP contribution in [0.15, 0.2) is 40.0 Å². The minimum atomic E-state index is -0.631. The molecule has 7 heteroatoms. The van der Waals surface area contributed by atoms with E-state index in [1.807, 2.05) is 18.2 Å². The summed E-state index contributed by atoms with van der Waals surface area (Å²) in [4.78, 5) is 17.4. The van der Waals surface area contributed by atoms with Crippen molar-refractivity contribution in [2.45, 2.75) is 38.8 Å². The molecule has 1 aromatic carbocycles. The molecule has 6 nitrogen and oxygen atoms in total. The van der Waals surface area contributed by atoms with E-state index >= 15 is 0 Å². The highest BCUT2D eigenvalue weighted by molar-refractivity contribution is 6.30. The van der Waals surface area contributed by atoms with E-state index in [9.17, 15) is 4.79 Å². The van der Waals surface area contributed by atoms with Crippen LogP contribution in [0.25, 0.3) is 0 Å². The second-order valence-electron chi connectivity index (χ2n) is 5.60. The van der Waals surface area contributed by atoms with Crippen molar-refractivity contribution in [1.82, 2.24) is 10.5 Å². The third kappa shape index (κ3) is 3.94. The molecule has 1 aromatic heterocycles. The zero-order valence-corrected chi connectivity index (χ0v) is 14.0. The van der Waals surface area contributed by atoms with Crippen LogP contribution in [0.5, 0.6) is 0 Å². The van der Waals surface area contributed by atoms with Gasteiger partial charge in [-0.2, -0.15) is 0 Å². The molecule has 0 bridgehead atoms. The highest BCUT2D eigenvalue weighted by atomic mass is 35.5. The van der Waals surface area contributed by atoms with Crippen molar-refractivity contribution in [3.05, 3.63) is 52.4 Å². The molecule has 0 unspecified atom stereocenters. The van der Waals surface area contributed by atoms with Gasteiger partial charge < -0.3 is 14.7 Å². The molecule has 0 saturated carbocycles. The Labute approximate surface area is 144 Å². The summed E-state index contributed by atoms with van der Waals surface area (Å²) in [5.74, 6) is 0.403. The first-order valence-corrected chi connectivity index (χ1v) is 8.24. The van der Waals surface area contributed by atoms with Crippen LogP contribution < -0.4 is 5.32 Å². The van der Waals surface area contributed by atoms with E-state index in [-0.39, 0.29) is 12.5 Å². The second-order valence-corrected chi connectivity index (χ2v) is 6.03. The average molecular weight is 348 g/mol. The molecule has 0 aliphatic carbocycles. The predicted octanol–water partition coefficient (Wildman–Crippen LogP) is 3.09. The number of carbonyl (C=O) groups is 1. The number of nitrogens with one attached hydrogen (secondary N) is 1. The summed E-state index contributed by atoms with van der Waals surface area (Å²) in [7, 11) is 0. The van der Waals surface area contributed by atoms with Crippen LogP contribution in [-0.4, -0.2) is 22.9 Å². The molecule has 1 amide bonds. The van der Waals surface area contributed by atoms with Gasteiger partial charge in [-0.15, -0.1) is 0 Å². The van der Waals surface area contributed by atoms with Crippen LogP contribution in [0.1, 0.15) is 36.8 Å². The van der Waals surface area contributed by atoms with Crippen molar-refractivity contribution in [2.75, 3.05) is 0 Å². The number of hydrogen-bond donors (Lipinski definition) is 1. The first-order valence-electron chi connectivity index (χ1n) is 7.86. The van der Waals surface area contributed by atoms with Gasteiger partial charge in [0.15, 0.2) is 5.76 Å². The van der Waals surface area contributed by atoms with Gasteiger partial charge in [0, 0.05) is 17.5 Å². The Morgan fingerprint density at radius 3 is 2.92 bits per heavy atom. The van der Waals surface area contributed by atoms with E-state index in [2.05, 4.69) is 22.6 Å². The van der Waals surface area contributed by atoms with Gasteiger partial charge in [0.05, 0.1) is 18.0 Å². The number of aromatic nitrogens is 1. The zero-order valence-electron chi connectivity index (χ0n) is 13.3. The average Bonchev–Trinajstić information content (AvgIpc) is 3.23. The molecule has 1 aliphatic rings. The lowest BCUT2D eigenvalue weighted by atomic mass is 10.0. The van der Waals surface area contributed by atoms with Crippen LogP contribution in [0.3, 0.4) is 0 Å². The van der Waals surface area contributed by atoms with E-state index in [0.717, 1.165) is 29.8 Å². The Morgan fingerprint density at radius 1 is 1.38 bits per heavy atom. The minimum Gasteiger partial charge on any atom is -0.382 e. The lowest BCUT2D eigenvalue weighted by Crippen LogP contribution is -2.34. The monoisotopic (exact) mass is 347 g/mol. The molecule has 0 saturated heterocycles. The Hall–Kier alpha value is -2.34. The molecule has 1 aliphatic heterocycles. The number of oxime groups is 1. The molecule has 0 radical (unpaired) electrons. The number of halogens is 1. The number of carbonyl (C=O) groups excluding carboxylic acids is 1. The molecule has 3 rings (SSSR count). The SMILES string of the molecule is CCCc1cc(CNC(=O)[C@H]2CC(c3ccc(Cl)cc3)=NO2)on1. The molecule has 2 aromatic rings. The van der Waals surface area contributed by atoms with E-state index < -0.39 is 6.10 Å². The molecular weight excluding hydrogens is 330 g/mol. The molecule has 0 fully saturated rings. The Bertz CT molecular complexity index is 740. The maximum Gasteiger partial charge on any atom is 0.264 e. The second kappa shape index (κ2) is 7.49. The summed E-state index contributed by atoms with van der Waals surface area (Å²) in [6.07, 6.45) is 1.65. The number of benzene rings is 1. The summed E-state index contributed by atoms with van der Waals surface area (Å²) < 4.78 is 5.19. The molecule has 2 heterocycles. The molecule has 0 spiro atoms. The number of rotatable bonds is 6. The fraction of sp³-hybridized carbons (Fsp3) is 0.353. The molecule has 24 heavy (non-hydrogen) atoms. The zero-order chi connectivity index (χ0) is 16.9. The highest BCUT2D eigenvalue weighted by Gasteiger charge is 2.28. The van der Waals surface area contributed by atoms with Gasteiger partial charge in [-0.1, -0.05) is 47.4 Å². The van der Waals surface area contributed by atoms with Gasteiger partial charge in [-0.05, 0) is 24.1 Å². The van der Waals surface area contributed by atoms with Gasteiger partial charge in [0.1, 0.15) is 0 Å². The van der Waals surface area contributed by atoms with E-state index in [0.29, 0.717) is 17.2 Å². The Morgan fingerprint density at radius 2 is 2.17 bits per heavy atom. The maximum absolute atomic E-state index is 12.2. The van der Waals surface area contributed by atoms with Crippen molar-refractivity contribution < 1.29 is 14.2 Å². The van der Waals surface area contributed by atoms with Gasteiger partial charge in [0.25, 0.3) is 5.91 Å². The summed E-state index contributed by atoms with van der Waals surface area (Å²) in [6.45, 7) is 2.36. The van der Waals surface area contributed by atoms with Gasteiger partial charge in [-0.25, -0.2) is 0 Å². The fourth-order valence-corrected chi connectivity index (χ4v) is 2.56. The van der Waals surface area contributed by atoms with E-state index in [1.165, 1.54) is 0 Å². The standard InChI is InChI=1S/C17H18ClN3O3/c1-2-3-13-8-14(23-20-13)10-19-17(22)16-9-15(21-24-16)11-4-6-12(18)7-5-11/h4-8,16H,2-3,9-10H2,1H3,(H,19,22)/t16-/m1/s1. The van der Waals surface area contributed by atoms with Crippen molar-refractivity contribution in [1.29, 1.82) is 0 Å².